The monoisotopic (exact) mass is 415 g/mol. The number of amides is 1. The van der Waals surface area contributed by atoms with Gasteiger partial charge >= 0.3 is 0 Å². The van der Waals surface area contributed by atoms with Crippen LogP contribution in [0.25, 0.3) is 0 Å². The molecule has 0 saturated carbocycles. The minimum atomic E-state index is 0.115. The summed E-state index contributed by atoms with van der Waals surface area (Å²) < 4.78 is 0. The fourth-order valence-corrected chi connectivity index (χ4v) is 4.05. The lowest BCUT2D eigenvalue weighted by molar-refractivity contribution is 0.0724. The summed E-state index contributed by atoms with van der Waals surface area (Å²) in [5.41, 5.74) is 4.72. The van der Waals surface area contributed by atoms with E-state index in [1.807, 2.05) is 49.1 Å². The molecule has 4 nitrogen and oxygen atoms in total. The van der Waals surface area contributed by atoms with Gasteiger partial charge in [0.05, 0.1) is 10.7 Å². The zero-order valence-corrected chi connectivity index (χ0v) is 17.9. The Bertz CT molecular complexity index is 855. The highest BCUT2D eigenvalue weighted by Gasteiger charge is 2.18. The van der Waals surface area contributed by atoms with Crippen molar-refractivity contribution in [2.45, 2.75) is 39.7 Å². The predicted molar refractivity (Wildman–Crippen MR) is 120 cm³/mol. The maximum absolute atomic E-state index is 12.7. The standard InChI is InChI=1S/C22H26ClN3OS/c1-15-11-16(2)20(19(23)12-15)25-22(28)24-14-17-7-6-8-18(13-17)21(27)26-9-4-3-5-10-26/h6-8,11-13H,3-5,9-10,14H2,1-2H3,(H2,24,25,28). The summed E-state index contributed by atoms with van der Waals surface area (Å²) in [6.45, 7) is 6.25. The van der Waals surface area contributed by atoms with Gasteiger partial charge in [-0.2, -0.15) is 0 Å². The van der Waals surface area contributed by atoms with Gasteiger partial charge in [-0.15, -0.1) is 0 Å². The molecule has 0 aliphatic carbocycles. The van der Waals surface area contributed by atoms with Crippen molar-refractivity contribution in [3.63, 3.8) is 0 Å². The molecule has 1 fully saturated rings. The van der Waals surface area contributed by atoms with Crippen LogP contribution in [0.1, 0.15) is 46.3 Å². The lowest BCUT2D eigenvalue weighted by Gasteiger charge is -2.26. The van der Waals surface area contributed by atoms with Gasteiger partial charge in [0.15, 0.2) is 5.11 Å². The number of hydrogen-bond donors (Lipinski definition) is 2. The highest BCUT2D eigenvalue weighted by Crippen LogP contribution is 2.27. The molecule has 2 aromatic rings. The van der Waals surface area contributed by atoms with Crippen LogP contribution < -0.4 is 10.6 Å². The molecule has 0 bridgehead atoms. The summed E-state index contributed by atoms with van der Waals surface area (Å²) in [6.07, 6.45) is 3.39. The third kappa shape index (κ3) is 5.24. The number of rotatable bonds is 4. The largest absolute Gasteiger partial charge is 0.358 e. The van der Waals surface area contributed by atoms with Crippen molar-refractivity contribution < 1.29 is 4.79 Å². The summed E-state index contributed by atoms with van der Waals surface area (Å²) in [5.74, 6) is 0.115. The van der Waals surface area contributed by atoms with Gasteiger partial charge in [0, 0.05) is 25.2 Å². The number of thiocarbonyl (C=S) groups is 1. The van der Waals surface area contributed by atoms with Gasteiger partial charge in [-0.1, -0.05) is 29.8 Å². The summed E-state index contributed by atoms with van der Waals surface area (Å²) in [4.78, 5) is 14.6. The van der Waals surface area contributed by atoms with Gasteiger partial charge in [-0.05, 0) is 80.2 Å². The Morgan fingerprint density at radius 1 is 1.14 bits per heavy atom. The van der Waals surface area contributed by atoms with E-state index in [1.54, 1.807) is 0 Å². The van der Waals surface area contributed by atoms with Crippen molar-refractivity contribution in [3.05, 3.63) is 63.7 Å². The smallest absolute Gasteiger partial charge is 0.253 e. The molecule has 0 atom stereocenters. The Morgan fingerprint density at radius 3 is 2.61 bits per heavy atom. The van der Waals surface area contributed by atoms with Crippen molar-refractivity contribution in [1.82, 2.24) is 10.2 Å². The molecule has 1 aliphatic heterocycles. The van der Waals surface area contributed by atoms with Gasteiger partial charge in [-0.25, -0.2) is 0 Å². The third-order valence-corrected chi connectivity index (χ3v) is 5.49. The molecule has 1 saturated heterocycles. The molecule has 1 amide bonds. The number of benzene rings is 2. The first-order chi connectivity index (χ1) is 13.4. The molecule has 1 aliphatic rings. The van der Waals surface area contributed by atoms with Crippen LogP contribution in [0.5, 0.6) is 0 Å². The summed E-state index contributed by atoms with van der Waals surface area (Å²) in [6, 6.07) is 11.7. The molecule has 6 heteroatoms. The molecule has 3 rings (SSSR count). The first kappa shape index (κ1) is 20.6. The van der Waals surface area contributed by atoms with Gasteiger partial charge in [0.2, 0.25) is 0 Å². The van der Waals surface area contributed by atoms with E-state index in [0.717, 1.165) is 53.9 Å². The van der Waals surface area contributed by atoms with Crippen LogP contribution >= 0.6 is 23.8 Å². The number of anilines is 1. The summed E-state index contributed by atoms with van der Waals surface area (Å²) in [7, 11) is 0. The van der Waals surface area contributed by atoms with Crippen molar-refractivity contribution in [2.24, 2.45) is 0 Å². The van der Waals surface area contributed by atoms with E-state index in [1.165, 1.54) is 6.42 Å². The Morgan fingerprint density at radius 2 is 1.89 bits per heavy atom. The summed E-state index contributed by atoms with van der Waals surface area (Å²) in [5, 5.41) is 7.53. The Hall–Kier alpha value is -2.11. The van der Waals surface area contributed by atoms with E-state index < -0.39 is 0 Å². The van der Waals surface area contributed by atoms with Crippen LogP contribution in [-0.4, -0.2) is 29.0 Å². The number of piperidine rings is 1. The lowest BCUT2D eigenvalue weighted by Crippen LogP contribution is -2.35. The maximum atomic E-state index is 12.7. The van der Waals surface area contributed by atoms with Gasteiger partial charge in [-0.3, -0.25) is 4.79 Å². The van der Waals surface area contributed by atoms with Gasteiger partial charge < -0.3 is 15.5 Å². The predicted octanol–water partition coefficient (Wildman–Crippen LogP) is 5.07. The molecule has 0 aromatic heterocycles. The number of halogens is 1. The normalized spacial score (nSPS) is 13.9. The molecule has 28 heavy (non-hydrogen) atoms. The molecule has 0 radical (unpaired) electrons. The van der Waals surface area contributed by atoms with E-state index in [2.05, 4.69) is 16.7 Å². The Labute approximate surface area is 177 Å². The minimum Gasteiger partial charge on any atom is -0.358 e. The second-order valence-corrected chi connectivity index (χ2v) is 8.12. The Balaban J connectivity index is 1.60. The van der Waals surface area contributed by atoms with Gasteiger partial charge in [0.1, 0.15) is 0 Å². The molecule has 1 heterocycles. The molecular formula is C22H26ClN3OS. The highest BCUT2D eigenvalue weighted by atomic mass is 35.5. The van der Waals surface area contributed by atoms with Crippen LogP contribution in [0.15, 0.2) is 36.4 Å². The van der Waals surface area contributed by atoms with Crippen molar-refractivity contribution in [3.8, 4) is 0 Å². The SMILES string of the molecule is Cc1cc(C)c(NC(=S)NCc2cccc(C(=O)N3CCCCC3)c2)c(Cl)c1. The fourth-order valence-electron chi connectivity index (χ4n) is 3.51. The van der Waals surface area contributed by atoms with Crippen molar-refractivity contribution >= 4 is 40.5 Å². The number of likely N-dealkylation sites (tertiary alicyclic amines) is 1. The van der Waals surface area contributed by atoms with E-state index in [0.29, 0.717) is 16.7 Å². The zero-order chi connectivity index (χ0) is 20.1. The highest BCUT2D eigenvalue weighted by molar-refractivity contribution is 7.80. The average molecular weight is 416 g/mol. The van der Waals surface area contributed by atoms with Gasteiger partial charge in [0.25, 0.3) is 5.91 Å². The number of nitrogens with zero attached hydrogens (tertiary/aromatic N) is 1. The number of carbonyl (C=O) groups excluding carboxylic acids is 1. The average Bonchev–Trinajstić information content (AvgIpc) is 2.69. The second kappa shape index (κ2) is 9.39. The van der Waals surface area contributed by atoms with Crippen LogP contribution in [0, 0.1) is 13.8 Å². The molecule has 0 spiro atoms. The van der Waals surface area contributed by atoms with Crippen LogP contribution in [0.4, 0.5) is 5.69 Å². The molecule has 148 valence electrons. The quantitative estimate of drug-likeness (QED) is 0.684. The third-order valence-electron chi connectivity index (χ3n) is 4.94. The number of hydrogen-bond acceptors (Lipinski definition) is 2. The Kier molecular flexibility index (Phi) is 6.92. The minimum absolute atomic E-state index is 0.115. The first-order valence-corrected chi connectivity index (χ1v) is 10.4. The first-order valence-electron chi connectivity index (χ1n) is 9.64. The van der Waals surface area contributed by atoms with E-state index >= 15 is 0 Å². The van der Waals surface area contributed by atoms with Crippen LogP contribution in [-0.2, 0) is 6.54 Å². The second-order valence-electron chi connectivity index (χ2n) is 7.30. The molecule has 2 aromatic carbocycles. The van der Waals surface area contributed by atoms with Crippen molar-refractivity contribution in [2.75, 3.05) is 18.4 Å². The van der Waals surface area contributed by atoms with Crippen molar-refractivity contribution in [1.29, 1.82) is 0 Å². The summed E-state index contributed by atoms with van der Waals surface area (Å²) >= 11 is 11.8. The van der Waals surface area contributed by atoms with E-state index in [9.17, 15) is 4.79 Å². The maximum Gasteiger partial charge on any atom is 0.253 e. The number of carbonyl (C=O) groups is 1. The number of nitrogens with one attached hydrogen (secondary N) is 2. The zero-order valence-electron chi connectivity index (χ0n) is 16.3. The molecular weight excluding hydrogens is 390 g/mol. The molecule has 0 unspecified atom stereocenters. The van der Waals surface area contributed by atoms with Crippen LogP contribution in [0.3, 0.4) is 0 Å². The number of aryl methyl sites for hydroxylation is 2. The lowest BCUT2D eigenvalue weighted by atomic mass is 10.1. The fraction of sp³-hybridized carbons (Fsp3) is 0.364. The topological polar surface area (TPSA) is 44.4 Å². The van der Waals surface area contributed by atoms with E-state index in [4.69, 9.17) is 23.8 Å². The molecule has 2 N–H and O–H groups in total. The van der Waals surface area contributed by atoms with Crippen LogP contribution in [0.2, 0.25) is 5.02 Å². The van der Waals surface area contributed by atoms with E-state index in [-0.39, 0.29) is 5.91 Å².